The number of amides is 2. The van der Waals surface area contributed by atoms with Crippen LogP contribution in [-0.4, -0.2) is 75.0 Å². The van der Waals surface area contributed by atoms with Crippen molar-refractivity contribution in [3.63, 3.8) is 0 Å². The van der Waals surface area contributed by atoms with Gasteiger partial charge in [-0.25, -0.2) is 9.48 Å². The first-order valence-corrected chi connectivity index (χ1v) is 20.1. The van der Waals surface area contributed by atoms with E-state index >= 15 is 0 Å². The van der Waals surface area contributed by atoms with Gasteiger partial charge in [0.05, 0.1) is 41.3 Å². The third-order valence-corrected chi connectivity index (χ3v) is 11.2. The van der Waals surface area contributed by atoms with Crippen LogP contribution in [0.25, 0.3) is 11.3 Å². The topological polar surface area (TPSA) is 129 Å². The van der Waals surface area contributed by atoms with Crippen LogP contribution in [0.15, 0.2) is 66.9 Å². The lowest BCUT2D eigenvalue weighted by atomic mass is 9.85. The molecule has 2 aliphatic heterocycles. The molecule has 5 aromatic rings. The van der Waals surface area contributed by atoms with Crippen LogP contribution in [0.2, 0.25) is 5.02 Å². The zero-order valence-electron chi connectivity index (χ0n) is 32.5. The summed E-state index contributed by atoms with van der Waals surface area (Å²) in [6.07, 6.45) is 8.31. The zero-order chi connectivity index (χ0) is 38.8. The van der Waals surface area contributed by atoms with Crippen LogP contribution in [0.1, 0.15) is 107 Å². The van der Waals surface area contributed by atoms with E-state index in [4.69, 9.17) is 35.6 Å². The Morgan fingerprint density at radius 3 is 2.61 bits per heavy atom. The second kappa shape index (κ2) is 16.4. The second-order valence-electron chi connectivity index (χ2n) is 16.0. The third-order valence-electron chi connectivity index (χ3n) is 10.9. The number of nitrogens with zero attached hydrogens (tertiary/aromatic N) is 6. The molecule has 14 heteroatoms. The normalized spacial score (nSPS) is 21.5. The highest BCUT2D eigenvalue weighted by molar-refractivity contribution is 6.32. The van der Waals surface area contributed by atoms with Crippen LogP contribution in [0.4, 0.5) is 10.6 Å². The van der Waals surface area contributed by atoms with E-state index in [-0.39, 0.29) is 35.9 Å². The lowest BCUT2D eigenvalue weighted by Crippen LogP contribution is -2.36. The number of nitrogens with one attached hydrogen (secondary N) is 2. The summed E-state index contributed by atoms with van der Waals surface area (Å²) >= 11 is 6.56. The summed E-state index contributed by atoms with van der Waals surface area (Å²) in [4.78, 5) is 16.1. The fraction of sp³-hybridized carbons (Fsp3) is 0.476. The highest BCUT2D eigenvalue weighted by Gasteiger charge is 2.31. The Labute approximate surface area is 332 Å². The molecule has 1 unspecified atom stereocenters. The Bertz CT molecular complexity index is 2160. The van der Waals surface area contributed by atoms with Gasteiger partial charge in [0.1, 0.15) is 30.0 Å². The van der Waals surface area contributed by atoms with Crippen LogP contribution < -0.4 is 20.1 Å². The molecule has 3 aromatic heterocycles. The molecular formula is C42H51ClN8O5. The summed E-state index contributed by atoms with van der Waals surface area (Å²) < 4.78 is 28.0. The number of pyridine rings is 1. The molecule has 8 rings (SSSR count). The molecule has 4 atom stereocenters. The van der Waals surface area contributed by atoms with Crippen molar-refractivity contribution < 1.29 is 23.7 Å². The van der Waals surface area contributed by atoms with Crippen molar-refractivity contribution in [2.45, 2.75) is 95.6 Å². The first-order chi connectivity index (χ1) is 27.1. The molecule has 2 fully saturated rings. The summed E-state index contributed by atoms with van der Waals surface area (Å²) in [5.41, 5.74) is 4.13. The van der Waals surface area contributed by atoms with Crippen LogP contribution >= 0.6 is 11.6 Å². The van der Waals surface area contributed by atoms with Crippen molar-refractivity contribution in [1.82, 2.24) is 34.6 Å². The van der Waals surface area contributed by atoms with E-state index < -0.39 is 0 Å². The molecule has 56 heavy (non-hydrogen) atoms. The summed E-state index contributed by atoms with van der Waals surface area (Å²) in [6, 6.07) is 19.1. The summed E-state index contributed by atoms with van der Waals surface area (Å²) in [5.74, 6) is 2.72. The van der Waals surface area contributed by atoms with Crippen LogP contribution in [0.5, 0.6) is 11.5 Å². The summed E-state index contributed by atoms with van der Waals surface area (Å²) in [7, 11) is 2.14. The van der Waals surface area contributed by atoms with Crippen molar-refractivity contribution in [3.8, 4) is 17.2 Å². The Kier molecular flexibility index (Phi) is 11.2. The quantitative estimate of drug-likeness (QED) is 0.127. The number of aromatic nitrogens is 5. The number of anilines is 1. The molecule has 2 N–H and O–H groups in total. The lowest BCUT2D eigenvalue weighted by molar-refractivity contribution is -0.165. The number of ether oxygens (including phenoxy) is 4. The first-order valence-electron chi connectivity index (χ1n) is 19.7. The number of rotatable bonds is 11. The number of urea groups is 1. The third kappa shape index (κ3) is 8.36. The number of hydrogen-bond donors (Lipinski definition) is 2. The maximum Gasteiger partial charge on any atom is 0.320 e. The minimum Gasteiger partial charge on any atom is -0.490 e. The summed E-state index contributed by atoms with van der Waals surface area (Å²) in [5, 5.41) is 20.7. The average Bonchev–Trinajstić information content (AvgIpc) is 3.93. The molecule has 1 aliphatic carbocycles. The molecule has 2 amide bonds. The first kappa shape index (κ1) is 38.2. The minimum atomic E-state index is -0.333. The minimum absolute atomic E-state index is 0.178. The Morgan fingerprint density at radius 2 is 1.82 bits per heavy atom. The van der Waals surface area contributed by atoms with E-state index in [1.165, 1.54) is 0 Å². The number of hydrogen-bond acceptors (Lipinski definition) is 9. The monoisotopic (exact) mass is 782 g/mol. The van der Waals surface area contributed by atoms with Gasteiger partial charge < -0.3 is 24.3 Å². The van der Waals surface area contributed by atoms with Gasteiger partial charge >= 0.3 is 6.03 Å². The SMILES string of the molecule is CN1CCC[C@H]1c1nnc2ccc(O[C@@H]3CC[C@H](NC(=O)Nc4cc(C(C)(C)C)nn4-c4ccc(Cl)c(OCCOC5CCCCO5)c4)c4ccccc43)cn12. The van der Waals surface area contributed by atoms with E-state index in [0.29, 0.717) is 41.9 Å². The van der Waals surface area contributed by atoms with E-state index in [2.05, 4.69) is 70.1 Å². The maximum absolute atomic E-state index is 13.8. The van der Waals surface area contributed by atoms with Gasteiger partial charge in [0, 0.05) is 24.2 Å². The van der Waals surface area contributed by atoms with E-state index in [9.17, 15) is 4.79 Å². The molecule has 0 spiro atoms. The molecule has 2 aromatic carbocycles. The van der Waals surface area contributed by atoms with E-state index in [0.717, 1.165) is 85.7 Å². The molecule has 0 saturated carbocycles. The Hall–Kier alpha value is -4.69. The zero-order valence-corrected chi connectivity index (χ0v) is 33.3. The molecule has 0 bridgehead atoms. The van der Waals surface area contributed by atoms with Crippen molar-refractivity contribution >= 4 is 29.1 Å². The van der Waals surface area contributed by atoms with Gasteiger partial charge in [0.2, 0.25) is 0 Å². The number of benzene rings is 2. The number of fused-ring (bicyclic) bond motifs is 2. The maximum atomic E-state index is 13.8. The molecular weight excluding hydrogens is 732 g/mol. The van der Waals surface area contributed by atoms with Gasteiger partial charge in [0.25, 0.3) is 0 Å². The fourth-order valence-corrected chi connectivity index (χ4v) is 8.03. The average molecular weight is 783 g/mol. The van der Waals surface area contributed by atoms with Crippen molar-refractivity contribution in [2.75, 3.05) is 38.7 Å². The predicted molar refractivity (Wildman–Crippen MR) is 214 cm³/mol. The Balaban J connectivity index is 0.959. The second-order valence-corrected chi connectivity index (χ2v) is 16.4. The number of likely N-dealkylation sites (tertiary alicyclic amines) is 1. The molecule has 13 nitrogen and oxygen atoms in total. The smallest absolute Gasteiger partial charge is 0.320 e. The summed E-state index contributed by atoms with van der Waals surface area (Å²) in [6.45, 7) is 8.73. The number of carbonyl (C=O) groups excluding carboxylic acids is 1. The van der Waals surface area contributed by atoms with Gasteiger partial charge in [0.15, 0.2) is 17.8 Å². The van der Waals surface area contributed by atoms with Crippen LogP contribution in [0.3, 0.4) is 0 Å². The number of halogens is 1. The Morgan fingerprint density at radius 1 is 0.964 bits per heavy atom. The van der Waals surface area contributed by atoms with Crippen molar-refractivity contribution in [2.24, 2.45) is 0 Å². The van der Waals surface area contributed by atoms with E-state index in [1.807, 2.05) is 48.7 Å². The van der Waals surface area contributed by atoms with Crippen LogP contribution in [0, 0.1) is 0 Å². The van der Waals surface area contributed by atoms with E-state index in [1.54, 1.807) is 10.7 Å². The van der Waals surface area contributed by atoms with Crippen LogP contribution in [-0.2, 0) is 14.9 Å². The van der Waals surface area contributed by atoms with Gasteiger partial charge in [-0.2, -0.15) is 5.10 Å². The molecule has 0 radical (unpaired) electrons. The fourth-order valence-electron chi connectivity index (χ4n) is 7.86. The standard InChI is InChI=1S/C42H51ClN8O5/c1-42(2,3)36-25-38(51(48-36)27-14-16-31(43)35(24-27)53-22-23-55-39-13-7-8-21-54-39)45-41(52)44-32-17-18-34(30-11-6-5-10-29(30)32)56-28-15-19-37-46-47-40(50(37)26-28)33-12-9-20-49(33)4/h5-6,10-11,14-16,19,24-26,32-34,39H,7-9,12-13,17-18,20-23H2,1-4H3,(H2,44,45,52)/t32-,33-,34+,39?/m0/s1. The van der Waals surface area contributed by atoms with Crippen molar-refractivity contribution in [1.29, 1.82) is 0 Å². The van der Waals surface area contributed by atoms with Gasteiger partial charge in [-0.05, 0) is 93.9 Å². The van der Waals surface area contributed by atoms with Crippen molar-refractivity contribution in [3.05, 3.63) is 94.5 Å². The van der Waals surface area contributed by atoms with Gasteiger partial charge in [-0.15, -0.1) is 10.2 Å². The predicted octanol–water partition coefficient (Wildman–Crippen LogP) is 8.33. The highest BCUT2D eigenvalue weighted by Crippen LogP contribution is 2.39. The molecule has 296 valence electrons. The lowest BCUT2D eigenvalue weighted by Gasteiger charge is -2.32. The molecule has 3 aliphatic rings. The number of carbonyl (C=O) groups is 1. The highest BCUT2D eigenvalue weighted by atomic mass is 35.5. The largest absolute Gasteiger partial charge is 0.490 e. The van der Waals surface area contributed by atoms with Gasteiger partial charge in [-0.3, -0.25) is 14.6 Å². The van der Waals surface area contributed by atoms with Gasteiger partial charge in [-0.1, -0.05) is 56.6 Å². The molecule has 5 heterocycles. The molecule has 2 saturated heterocycles.